The van der Waals surface area contributed by atoms with E-state index in [1.54, 1.807) is 60.5 Å². The second-order valence-corrected chi connectivity index (χ2v) is 10.9. The number of aliphatic imine (C=N–C) groups is 1. The van der Waals surface area contributed by atoms with Gasteiger partial charge in [-0.3, -0.25) is 19.4 Å². The minimum absolute atomic E-state index is 0.0707. The molecule has 224 valence electrons. The summed E-state index contributed by atoms with van der Waals surface area (Å²) < 4.78 is 5.24. The van der Waals surface area contributed by atoms with E-state index >= 15 is 0 Å². The van der Waals surface area contributed by atoms with E-state index in [2.05, 4.69) is 27.5 Å². The highest BCUT2D eigenvalue weighted by molar-refractivity contribution is 7.81. The topological polar surface area (TPSA) is 144 Å². The molecule has 44 heavy (non-hydrogen) atoms. The fraction of sp³-hybridized carbons (Fsp3) is 0.242. The number of nitrogens with zero attached hydrogens (tertiary/aromatic N) is 2. The average Bonchev–Trinajstić information content (AvgIpc) is 3.44. The molecule has 10 nitrogen and oxygen atoms in total. The van der Waals surface area contributed by atoms with Crippen molar-refractivity contribution in [3.63, 3.8) is 0 Å². The van der Waals surface area contributed by atoms with Crippen molar-refractivity contribution < 1.29 is 29.0 Å². The number of piperidine rings is 1. The number of carbonyl (C=O) groups excluding carboxylic acids is 3. The predicted molar refractivity (Wildman–Crippen MR) is 170 cm³/mol. The van der Waals surface area contributed by atoms with Gasteiger partial charge in [-0.1, -0.05) is 42.3 Å². The number of phenolic OH excluding ortho intramolecular Hbond substituents is 1. The number of thiocarbonyl (C=S) groups is 1. The van der Waals surface area contributed by atoms with Crippen LogP contribution in [0, 0.1) is 24.7 Å². The van der Waals surface area contributed by atoms with E-state index in [1.165, 1.54) is 18.5 Å². The van der Waals surface area contributed by atoms with Gasteiger partial charge in [0.25, 0.3) is 11.8 Å². The molecule has 3 amide bonds. The summed E-state index contributed by atoms with van der Waals surface area (Å²) in [5, 5.41) is 26.2. The zero-order chi connectivity index (χ0) is 31.2. The first-order valence-electron chi connectivity index (χ1n) is 14.0. The van der Waals surface area contributed by atoms with Crippen LogP contribution in [0.25, 0.3) is 0 Å². The maximum atomic E-state index is 13.2. The highest BCUT2D eigenvalue weighted by Gasteiger charge is 2.26. The first-order chi connectivity index (χ1) is 21.2. The van der Waals surface area contributed by atoms with Gasteiger partial charge in [0.15, 0.2) is 5.76 Å². The molecule has 0 spiro atoms. The summed E-state index contributed by atoms with van der Waals surface area (Å²) in [5.74, 6) is 4.28. The number of aryl methyl sites for hydroxylation is 1. The normalized spacial score (nSPS) is 17.7. The lowest BCUT2D eigenvalue weighted by Gasteiger charge is -2.30. The van der Waals surface area contributed by atoms with Crippen LogP contribution in [0.1, 0.15) is 40.1 Å². The third-order valence-electron chi connectivity index (χ3n) is 7.25. The highest BCUT2D eigenvalue weighted by Crippen LogP contribution is 2.29. The molecule has 4 N–H and O–H groups in total. The van der Waals surface area contributed by atoms with E-state index < -0.39 is 17.9 Å². The minimum atomic E-state index is -0.628. The maximum absolute atomic E-state index is 13.2. The van der Waals surface area contributed by atoms with Crippen LogP contribution in [-0.4, -0.2) is 63.1 Å². The number of likely N-dealkylation sites (tertiary alicyclic amines) is 1. The van der Waals surface area contributed by atoms with Crippen LogP contribution in [0.2, 0.25) is 0 Å². The Labute approximate surface area is 259 Å². The van der Waals surface area contributed by atoms with Crippen LogP contribution < -0.4 is 10.6 Å². The van der Waals surface area contributed by atoms with Gasteiger partial charge in [-0.2, -0.15) is 0 Å². The summed E-state index contributed by atoms with van der Waals surface area (Å²) in [4.78, 5) is 44.4. The summed E-state index contributed by atoms with van der Waals surface area (Å²) in [6, 6.07) is 13.5. The Morgan fingerprint density at radius 1 is 1.14 bits per heavy atom. The fourth-order valence-electron chi connectivity index (χ4n) is 4.89. The van der Waals surface area contributed by atoms with Gasteiger partial charge in [0, 0.05) is 52.7 Å². The summed E-state index contributed by atoms with van der Waals surface area (Å²) in [7, 11) is 0. The Hall–Kier alpha value is -5.05. The van der Waals surface area contributed by atoms with Gasteiger partial charge in [0.2, 0.25) is 5.91 Å². The van der Waals surface area contributed by atoms with Crippen LogP contribution in [0.5, 0.6) is 5.75 Å². The number of β-amino-alcohol motifs (C(OH)–C–C–N with tert-alkyl or cyclic N) is 1. The van der Waals surface area contributed by atoms with Gasteiger partial charge in [-0.25, -0.2) is 0 Å². The molecular weight excluding hydrogens is 580 g/mol. The summed E-state index contributed by atoms with van der Waals surface area (Å²) >= 11 is 5.57. The number of anilines is 2. The van der Waals surface area contributed by atoms with E-state index in [9.17, 15) is 24.6 Å². The SMILES string of the molecule is Cc1ccoc1C(=O)Nc1cccc(C#CC2C=NC=C(C(=O)Nc3cccc(CC(=O)N4CCCC(O)C4)c3O)C2=S)c1. The number of furan rings is 1. The van der Waals surface area contributed by atoms with E-state index in [1.807, 2.05) is 0 Å². The zero-order valence-corrected chi connectivity index (χ0v) is 24.7. The number of aliphatic hydroxyl groups is 1. The first kappa shape index (κ1) is 30.4. The first-order valence-corrected chi connectivity index (χ1v) is 14.4. The number of aromatic hydroxyl groups is 1. The zero-order valence-electron chi connectivity index (χ0n) is 23.9. The van der Waals surface area contributed by atoms with E-state index in [-0.39, 0.29) is 52.4 Å². The van der Waals surface area contributed by atoms with Crippen molar-refractivity contribution in [2.75, 3.05) is 23.7 Å². The molecule has 2 aromatic carbocycles. The molecule has 5 rings (SSSR count). The largest absolute Gasteiger partial charge is 0.505 e. The molecule has 1 saturated heterocycles. The molecule has 2 aliphatic heterocycles. The lowest BCUT2D eigenvalue weighted by atomic mass is 9.97. The van der Waals surface area contributed by atoms with E-state index in [0.29, 0.717) is 36.2 Å². The van der Waals surface area contributed by atoms with Gasteiger partial charge in [0.1, 0.15) is 5.75 Å². The van der Waals surface area contributed by atoms with Crippen molar-refractivity contribution in [2.45, 2.75) is 32.3 Å². The molecule has 0 bridgehead atoms. The number of hydrogen-bond donors (Lipinski definition) is 4. The Bertz CT molecular complexity index is 1750. The molecule has 1 aromatic heterocycles. The predicted octanol–water partition coefficient (Wildman–Crippen LogP) is 4.02. The molecule has 2 aliphatic rings. The van der Waals surface area contributed by atoms with Gasteiger partial charge in [-0.05, 0) is 50.1 Å². The smallest absolute Gasteiger partial charge is 0.291 e. The molecule has 2 unspecified atom stereocenters. The van der Waals surface area contributed by atoms with Crippen LogP contribution >= 0.6 is 12.2 Å². The molecule has 1 fully saturated rings. The fourth-order valence-corrected chi connectivity index (χ4v) is 5.15. The van der Waals surface area contributed by atoms with Gasteiger partial charge >= 0.3 is 0 Å². The van der Waals surface area contributed by atoms with Crippen molar-refractivity contribution >= 4 is 52.4 Å². The Morgan fingerprint density at radius 3 is 2.73 bits per heavy atom. The third-order valence-corrected chi connectivity index (χ3v) is 7.72. The molecule has 3 heterocycles. The number of rotatable bonds is 6. The molecule has 3 aromatic rings. The second kappa shape index (κ2) is 13.5. The number of phenols is 1. The Kier molecular flexibility index (Phi) is 9.33. The molecule has 11 heteroatoms. The third kappa shape index (κ3) is 7.11. The number of aliphatic hydroxyl groups excluding tert-OH is 1. The van der Waals surface area contributed by atoms with Crippen molar-refractivity contribution in [2.24, 2.45) is 10.9 Å². The number of amides is 3. The number of benzene rings is 2. The van der Waals surface area contributed by atoms with Crippen molar-refractivity contribution in [3.05, 3.63) is 89.0 Å². The van der Waals surface area contributed by atoms with E-state index in [0.717, 1.165) is 5.56 Å². The number of carbonyl (C=O) groups is 3. The summed E-state index contributed by atoms with van der Waals surface area (Å²) in [6.45, 7) is 2.60. The van der Waals surface area contributed by atoms with Crippen LogP contribution in [0.15, 0.2) is 76.0 Å². The molecule has 2 atom stereocenters. The molecule has 0 saturated carbocycles. The number of para-hydroxylation sites is 1. The summed E-state index contributed by atoms with van der Waals surface area (Å²) in [5.41, 5.74) is 2.49. The maximum Gasteiger partial charge on any atom is 0.291 e. The Balaban J connectivity index is 1.23. The molecule has 0 radical (unpaired) electrons. The monoisotopic (exact) mass is 610 g/mol. The molecule has 0 aliphatic carbocycles. The van der Waals surface area contributed by atoms with Crippen molar-refractivity contribution in [3.8, 4) is 17.6 Å². The average molecular weight is 611 g/mol. The number of nitrogens with one attached hydrogen (secondary N) is 2. The van der Waals surface area contributed by atoms with Gasteiger partial charge in [0.05, 0.1) is 36.0 Å². The van der Waals surface area contributed by atoms with Crippen molar-refractivity contribution in [1.29, 1.82) is 0 Å². The quantitative estimate of drug-likeness (QED) is 0.188. The molecular formula is C33H30N4O6S. The lowest BCUT2D eigenvalue weighted by molar-refractivity contribution is -0.133. The van der Waals surface area contributed by atoms with E-state index in [4.69, 9.17) is 16.6 Å². The standard InChI is InChI=1S/C33H30N4O6S/c1-20-12-14-43-30(20)33(42)35-24-7-2-5-21(15-24)10-11-23-17-34-18-26(31(23)44)32(41)36-27-9-3-6-22(29(27)40)16-28(39)37-13-4-8-25(38)19-37/h2-3,5-7,9,12,14-15,17-18,23,25,38,40H,4,8,13,16,19H2,1H3,(H,35,42)(H,36,41). The van der Waals surface area contributed by atoms with Gasteiger partial charge in [-0.15, -0.1) is 0 Å². The lowest BCUT2D eigenvalue weighted by Crippen LogP contribution is -2.42. The number of hydrogen-bond acceptors (Lipinski definition) is 8. The van der Waals surface area contributed by atoms with Crippen LogP contribution in [0.3, 0.4) is 0 Å². The highest BCUT2D eigenvalue weighted by atomic mass is 32.1. The van der Waals surface area contributed by atoms with Crippen LogP contribution in [-0.2, 0) is 16.0 Å². The van der Waals surface area contributed by atoms with Crippen molar-refractivity contribution in [1.82, 2.24) is 4.90 Å². The minimum Gasteiger partial charge on any atom is -0.505 e. The Morgan fingerprint density at radius 2 is 1.95 bits per heavy atom. The second-order valence-electron chi connectivity index (χ2n) is 10.5. The van der Waals surface area contributed by atoms with Crippen LogP contribution in [0.4, 0.5) is 11.4 Å². The van der Waals surface area contributed by atoms with Gasteiger partial charge < -0.3 is 30.2 Å². The summed E-state index contributed by atoms with van der Waals surface area (Å²) in [6.07, 6.45) is 5.09.